The van der Waals surface area contributed by atoms with Crippen molar-refractivity contribution >= 4 is 35.1 Å². The van der Waals surface area contributed by atoms with Gasteiger partial charge in [0.25, 0.3) is 0 Å². The number of halogens is 2. The molecule has 1 unspecified atom stereocenters. The van der Waals surface area contributed by atoms with E-state index >= 15 is 0 Å². The first kappa shape index (κ1) is 30.1. The average Bonchev–Trinajstić information content (AvgIpc) is 3.39. The summed E-state index contributed by atoms with van der Waals surface area (Å²) in [5.41, 5.74) is 2.40. The van der Waals surface area contributed by atoms with Crippen molar-refractivity contribution in [2.75, 3.05) is 52.5 Å². The zero-order chi connectivity index (χ0) is 29.6. The lowest BCUT2D eigenvalue weighted by atomic mass is 9.93. The van der Waals surface area contributed by atoms with Crippen molar-refractivity contribution in [3.05, 3.63) is 87.5 Å². The van der Waals surface area contributed by atoms with E-state index in [1.54, 1.807) is 17.2 Å². The summed E-state index contributed by atoms with van der Waals surface area (Å²) >= 11 is 12.5. The fourth-order valence-electron chi connectivity index (χ4n) is 5.40. The van der Waals surface area contributed by atoms with Gasteiger partial charge in [-0.15, -0.1) is 0 Å². The number of hydrogen-bond acceptors (Lipinski definition) is 7. The number of piperazine rings is 1. The Balaban J connectivity index is 1.64. The van der Waals surface area contributed by atoms with E-state index in [4.69, 9.17) is 37.7 Å². The van der Waals surface area contributed by atoms with Crippen LogP contribution in [-0.4, -0.2) is 89.2 Å². The first-order valence-electron chi connectivity index (χ1n) is 14.2. The van der Waals surface area contributed by atoms with Crippen molar-refractivity contribution in [3.63, 3.8) is 0 Å². The highest BCUT2D eigenvalue weighted by Crippen LogP contribution is 2.45. The highest BCUT2D eigenvalue weighted by atomic mass is 35.5. The van der Waals surface area contributed by atoms with Gasteiger partial charge in [-0.05, 0) is 49.2 Å². The molecule has 1 N–H and O–H groups in total. The smallest absolute Gasteiger partial charge is 0.326 e. The van der Waals surface area contributed by atoms with Crippen LogP contribution in [0.4, 0.5) is 4.79 Å². The molecule has 0 radical (unpaired) electrons. The van der Waals surface area contributed by atoms with Crippen molar-refractivity contribution in [2.45, 2.75) is 25.9 Å². The number of ether oxygens (including phenoxy) is 2. The summed E-state index contributed by atoms with van der Waals surface area (Å²) in [6, 6.07) is 15.8. The van der Waals surface area contributed by atoms with E-state index in [9.17, 15) is 9.90 Å². The number of nitrogens with zero attached hydrogens (tertiary/aromatic N) is 5. The van der Waals surface area contributed by atoms with Crippen LogP contribution in [0.2, 0.25) is 10.0 Å². The Hall–Kier alpha value is -3.37. The molecule has 2 atom stereocenters. The van der Waals surface area contributed by atoms with E-state index in [0.717, 1.165) is 11.1 Å². The van der Waals surface area contributed by atoms with Crippen LogP contribution in [0, 0.1) is 0 Å². The first-order chi connectivity index (χ1) is 20.4. The molecule has 1 aromatic heterocycles. The van der Waals surface area contributed by atoms with Crippen LogP contribution in [0.25, 0.3) is 0 Å². The molecule has 0 saturated carbocycles. The molecule has 0 spiro atoms. The molecule has 2 amide bonds. The molecular formula is C31H35Cl2N5O4. The Morgan fingerprint density at radius 1 is 0.929 bits per heavy atom. The van der Waals surface area contributed by atoms with Crippen molar-refractivity contribution in [2.24, 2.45) is 4.99 Å². The van der Waals surface area contributed by atoms with E-state index in [-0.39, 0.29) is 12.6 Å². The van der Waals surface area contributed by atoms with Gasteiger partial charge in [-0.25, -0.2) is 9.78 Å². The molecule has 11 heteroatoms. The summed E-state index contributed by atoms with van der Waals surface area (Å²) in [5, 5.41) is 10.6. The van der Waals surface area contributed by atoms with Gasteiger partial charge in [-0.3, -0.25) is 14.8 Å². The molecule has 42 heavy (non-hydrogen) atoms. The average molecular weight is 613 g/mol. The maximum atomic E-state index is 14.5. The number of β-amino-alcohol motifs (C(OH)–C–C–N with tert-alkyl or cyclic N) is 1. The van der Waals surface area contributed by atoms with E-state index in [0.29, 0.717) is 79.0 Å². The van der Waals surface area contributed by atoms with Crippen LogP contribution in [0.1, 0.15) is 42.6 Å². The molecule has 2 aliphatic heterocycles. The number of amidine groups is 1. The first-order valence-corrected chi connectivity index (χ1v) is 14.9. The summed E-state index contributed by atoms with van der Waals surface area (Å²) < 4.78 is 11.7. The number of pyridine rings is 1. The monoisotopic (exact) mass is 611 g/mol. The van der Waals surface area contributed by atoms with Gasteiger partial charge in [0.05, 0.1) is 31.4 Å². The number of carbonyl (C=O) groups excluding carboxylic acids is 1. The molecule has 0 aliphatic carbocycles. The number of urea groups is 1. The SMILES string of the molecule is CCOc1cc(OCC)c(C2=N[C@@H](c3ccc(Cl)cc3)C(c3ccc(Cl)cc3)N2C(=O)N2CCN(CCO)CC2)cn1. The van der Waals surface area contributed by atoms with Crippen LogP contribution in [0.3, 0.4) is 0 Å². The van der Waals surface area contributed by atoms with Crippen molar-refractivity contribution in [1.29, 1.82) is 0 Å². The Morgan fingerprint density at radius 2 is 1.55 bits per heavy atom. The van der Waals surface area contributed by atoms with Crippen molar-refractivity contribution < 1.29 is 19.4 Å². The molecule has 1 saturated heterocycles. The Bertz CT molecular complexity index is 1400. The second-order valence-electron chi connectivity index (χ2n) is 10.0. The molecular weight excluding hydrogens is 577 g/mol. The lowest BCUT2D eigenvalue weighted by Gasteiger charge is -2.39. The normalized spacial score (nSPS) is 19.1. The summed E-state index contributed by atoms with van der Waals surface area (Å²) in [6.45, 7) is 7.75. The second-order valence-corrected chi connectivity index (χ2v) is 10.9. The molecule has 2 aromatic carbocycles. The fourth-order valence-corrected chi connectivity index (χ4v) is 5.65. The van der Waals surface area contributed by atoms with Gasteiger partial charge in [-0.1, -0.05) is 47.5 Å². The Labute approximate surface area is 256 Å². The lowest BCUT2D eigenvalue weighted by Crippen LogP contribution is -2.54. The van der Waals surface area contributed by atoms with Crippen LogP contribution in [0.5, 0.6) is 11.6 Å². The van der Waals surface area contributed by atoms with Crippen LogP contribution >= 0.6 is 23.2 Å². The Kier molecular flexibility index (Phi) is 9.84. The van der Waals surface area contributed by atoms with Gasteiger partial charge in [0.1, 0.15) is 17.6 Å². The Morgan fingerprint density at radius 3 is 2.14 bits per heavy atom. The fraction of sp³-hybridized carbons (Fsp3) is 0.387. The number of hydrogen-bond donors (Lipinski definition) is 1. The zero-order valence-electron chi connectivity index (χ0n) is 23.7. The summed E-state index contributed by atoms with van der Waals surface area (Å²) in [6.07, 6.45) is 1.66. The number of aliphatic hydroxyl groups excluding tert-OH is 1. The van der Waals surface area contributed by atoms with Gasteiger partial charge >= 0.3 is 6.03 Å². The van der Waals surface area contributed by atoms with Crippen LogP contribution < -0.4 is 9.47 Å². The summed E-state index contributed by atoms with van der Waals surface area (Å²) in [5.74, 6) is 1.44. The maximum Gasteiger partial charge on any atom is 0.326 e. The lowest BCUT2D eigenvalue weighted by molar-refractivity contribution is 0.108. The van der Waals surface area contributed by atoms with Gasteiger partial charge in [0.2, 0.25) is 5.88 Å². The number of benzene rings is 2. The van der Waals surface area contributed by atoms with E-state index in [1.165, 1.54) is 0 Å². The molecule has 0 bridgehead atoms. The molecule has 3 aromatic rings. The number of aliphatic hydroxyl groups is 1. The standard InChI is InChI=1S/C31H35Cl2N5O4/c1-3-41-26-19-27(42-4-2)34-20-25(26)30-35-28(21-5-9-23(32)10-6-21)29(22-7-11-24(33)12-8-22)38(30)31(40)37-15-13-36(14-16-37)17-18-39/h5-12,19-20,28-29,39H,3-4,13-18H2,1-2H3/t28-,29?/m0/s1. The number of rotatable bonds is 9. The number of amides is 2. The number of aliphatic imine (C=N–C) groups is 1. The molecule has 9 nitrogen and oxygen atoms in total. The highest BCUT2D eigenvalue weighted by Gasteiger charge is 2.45. The van der Waals surface area contributed by atoms with Gasteiger partial charge in [0.15, 0.2) is 0 Å². The predicted molar refractivity (Wildman–Crippen MR) is 164 cm³/mol. The molecule has 222 valence electrons. The van der Waals surface area contributed by atoms with E-state index in [1.807, 2.05) is 67.3 Å². The predicted octanol–water partition coefficient (Wildman–Crippen LogP) is 5.46. The van der Waals surface area contributed by atoms with Crippen molar-refractivity contribution in [3.8, 4) is 11.6 Å². The minimum atomic E-state index is -0.470. The van der Waals surface area contributed by atoms with E-state index < -0.39 is 12.1 Å². The third-order valence-corrected chi connectivity index (χ3v) is 7.93. The minimum Gasteiger partial charge on any atom is -0.493 e. The summed E-state index contributed by atoms with van der Waals surface area (Å²) in [7, 11) is 0. The topological polar surface area (TPSA) is 90.7 Å². The minimum absolute atomic E-state index is 0.0865. The van der Waals surface area contributed by atoms with Crippen LogP contribution in [-0.2, 0) is 0 Å². The number of carbonyl (C=O) groups is 1. The quantitative estimate of drug-likeness (QED) is 0.345. The van der Waals surface area contributed by atoms with Crippen LogP contribution in [0.15, 0.2) is 65.8 Å². The van der Waals surface area contributed by atoms with Gasteiger partial charge in [-0.2, -0.15) is 0 Å². The van der Waals surface area contributed by atoms with Crippen molar-refractivity contribution in [1.82, 2.24) is 19.7 Å². The number of aromatic nitrogens is 1. The molecule has 3 heterocycles. The molecule has 1 fully saturated rings. The molecule has 5 rings (SSSR count). The van der Waals surface area contributed by atoms with Gasteiger partial charge in [0, 0.05) is 55.0 Å². The third-order valence-electron chi connectivity index (χ3n) is 7.43. The molecule has 2 aliphatic rings. The summed E-state index contributed by atoms with van der Waals surface area (Å²) in [4.78, 5) is 30.0. The zero-order valence-corrected chi connectivity index (χ0v) is 25.3. The third kappa shape index (κ3) is 6.49. The largest absolute Gasteiger partial charge is 0.493 e. The maximum absolute atomic E-state index is 14.5. The second kappa shape index (κ2) is 13.7. The van der Waals surface area contributed by atoms with Gasteiger partial charge < -0.3 is 19.5 Å². The highest BCUT2D eigenvalue weighted by molar-refractivity contribution is 6.30. The van der Waals surface area contributed by atoms with E-state index in [2.05, 4.69) is 9.88 Å².